The Bertz CT molecular complexity index is 875. The Morgan fingerprint density at radius 3 is 2.24 bits per heavy atom. The van der Waals surface area contributed by atoms with E-state index >= 15 is 0 Å². The van der Waals surface area contributed by atoms with Crippen molar-refractivity contribution < 1.29 is 4.79 Å². The van der Waals surface area contributed by atoms with Gasteiger partial charge in [0.25, 0.3) is 0 Å². The van der Waals surface area contributed by atoms with E-state index in [4.69, 9.17) is 5.73 Å². The van der Waals surface area contributed by atoms with E-state index in [9.17, 15) is 4.79 Å². The smallest absolute Gasteiger partial charge is 0.220 e. The molecule has 0 spiro atoms. The summed E-state index contributed by atoms with van der Waals surface area (Å²) in [4.78, 5) is 16.0. The Labute approximate surface area is 201 Å². The lowest BCUT2D eigenvalue weighted by Crippen LogP contribution is -2.34. The number of hydrogen-bond donors (Lipinski definition) is 2. The van der Waals surface area contributed by atoms with Crippen molar-refractivity contribution in [2.75, 3.05) is 20.1 Å². The average Bonchev–Trinajstić information content (AvgIpc) is 3.54. The van der Waals surface area contributed by atoms with Crippen LogP contribution in [-0.4, -0.2) is 31.8 Å². The van der Waals surface area contributed by atoms with E-state index in [0.29, 0.717) is 17.8 Å². The molecule has 1 amide bonds. The normalized spacial score (nSPS) is 22.7. The number of rotatable bonds is 13. The molecule has 2 fully saturated rings. The largest absolute Gasteiger partial charge is 0.369 e. The Hall–Kier alpha value is -2.20. The van der Waals surface area contributed by atoms with Crippen molar-refractivity contribution in [1.29, 1.82) is 0 Å². The number of nitrogens with zero attached hydrogens (tertiary/aromatic N) is 1. The molecule has 2 rings (SSSR count). The number of aliphatic imine (C=N–C) groups is 1. The number of nitrogens with two attached hydrogens (primary N) is 1. The van der Waals surface area contributed by atoms with Crippen molar-refractivity contribution in [2.45, 2.75) is 66.7 Å². The number of amides is 1. The molecule has 0 saturated heterocycles. The van der Waals surface area contributed by atoms with Gasteiger partial charge in [0.2, 0.25) is 5.91 Å². The van der Waals surface area contributed by atoms with Crippen LogP contribution in [0.1, 0.15) is 66.7 Å². The van der Waals surface area contributed by atoms with E-state index in [1.54, 1.807) is 0 Å². The van der Waals surface area contributed by atoms with Crippen molar-refractivity contribution in [3.63, 3.8) is 0 Å². The van der Waals surface area contributed by atoms with Gasteiger partial charge in [-0.3, -0.25) is 9.79 Å². The van der Waals surface area contributed by atoms with Gasteiger partial charge >= 0.3 is 0 Å². The van der Waals surface area contributed by atoms with Crippen LogP contribution in [-0.2, 0) is 4.79 Å². The second-order valence-corrected chi connectivity index (χ2v) is 10.4. The number of nitrogens with one attached hydrogen (secondary N) is 1. The van der Waals surface area contributed by atoms with Crippen LogP contribution in [0.3, 0.4) is 0 Å². The lowest BCUT2D eigenvalue weighted by molar-refractivity contribution is -0.125. The first-order valence-electron chi connectivity index (χ1n) is 12.5. The highest BCUT2D eigenvalue weighted by Crippen LogP contribution is 2.44. The van der Waals surface area contributed by atoms with Crippen molar-refractivity contribution in [2.24, 2.45) is 34.4 Å². The van der Waals surface area contributed by atoms with Gasteiger partial charge in [0.05, 0.1) is 0 Å². The molecule has 4 heteroatoms. The van der Waals surface area contributed by atoms with E-state index in [1.807, 2.05) is 7.05 Å². The van der Waals surface area contributed by atoms with Crippen LogP contribution in [0.4, 0.5) is 0 Å². The highest BCUT2D eigenvalue weighted by molar-refractivity contribution is 6.04. The van der Waals surface area contributed by atoms with Gasteiger partial charge in [-0.2, -0.15) is 0 Å². The fourth-order valence-electron chi connectivity index (χ4n) is 4.58. The Kier molecular flexibility index (Phi) is 10.1. The van der Waals surface area contributed by atoms with Gasteiger partial charge in [-0.25, -0.2) is 0 Å². The van der Waals surface area contributed by atoms with E-state index in [-0.39, 0.29) is 11.8 Å². The number of primary amides is 1. The van der Waals surface area contributed by atoms with Crippen molar-refractivity contribution in [3.05, 3.63) is 58.7 Å². The predicted molar refractivity (Wildman–Crippen MR) is 142 cm³/mol. The summed E-state index contributed by atoms with van der Waals surface area (Å²) in [6, 6.07) is 0. The molecule has 2 aliphatic rings. The fraction of sp³-hybridized carbons (Fsp3) is 0.586. The zero-order valence-electron chi connectivity index (χ0n) is 21.8. The predicted octanol–water partition coefficient (Wildman–Crippen LogP) is 5.94. The molecule has 4 nitrogen and oxygen atoms in total. The average molecular weight is 452 g/mol. The summed E-state index contributed by atoms with van der Waals surface area (Å²) in [5, 5.41) is 3.53. The maximum absolute atomic E-state index is 11.4. The van der Waals surface area contributed by atoms with Crippen LogP contribution in [0.2, 0.25) is 0 Å². The molecule has 3 N–H and O–H groups in total. The Morgan fingerprint density at radius 2 is 1.76 bits per heavy atom. The minimum absolute atomic E-state index is 0.0403. The van der Waals surface area contributed by atoms with Crippen LogP contribution >= 0.6 is 0 Å². The molecule has 0 radical (unpaired) electrons. The third-order valence-electron chi connectivity index (χ3n) is 6.65. The summed E-state index contributed by atoms with van der Waals surface area (Å²) in [6.07, 6.45) is 9.69. The SMILES string of the molecule is C=C(C)/C(C(=C)CCNCC(C)C)=C(C(=C\C(C)=C/C1CC(C(N)=O)C1)/C1CC1)\C(C)=N/C. The molecule has 2 saturated carbocycles. The van der Waals surface area contributed by atoms with Crippen molar-refractivity contribution in [3.8, 4) is 0 Å². The Morgan fingerprint density at radius 1 is 1.12 bits per heavy atom. The van der Waals surface area contributed by atoms with Crippen LogP contribution < -0.4 is 11.1 Å². The highest BCUT2D eigenvalue weighted by Gasteiger charge is 2.33. The molecule has 0 aromatic heterocycles. The number of allylic oxidation sites excluding steroid dienone is 7. The van der Waals surface area contributed by atoms with Crippen molar-refractivity contribution in [1.82, 2.24) is 5.32 Å². The van der Waals surface area contributed by atoms with Crippen LogP contribution in [0.5, 0.6) is 0 Å². The molecule has 33 heavy (non-hydrogen) atoms. The quantitative estimate of drug-likeness (QED) is 0.207. The maximum Gasteiger partial charge on any atom is 0.220 e. The molecule has 0 aromatic carbocycles. The molecule has 0 atom stereocenters. The molecule has 2 aliphatic carbocycles. The minimum atomic E-state index is -0.168. The molecular weight excluding hydrogens is 406 g/mol. The summed E-state index contributed by atoms with van der Waals surface area (Å²) >= 11 is 0. The number of carbonyl (C=O) groups excluding carboxylic acids is 1. The topological polar surface area (TPSA) is 67.5 Å². The molecule has 0 bridgehead atoms. The van der Waals surface area contributed by atoms with Crippen LogP contribution in [0.15, 0.2) is 63.7 Å². The molecule has 182 valence electrons. The standard InChI is InChI=1S/C29H45N3O/c1-18(2)17-32-12-11-21(6)27(19(3)4)28(22(7)31-8)26(24-9-10-24)14-20(5)13-23-15-25(16-23)29(30)33/h13-14,18,23-25,32H,3,6,9-12,15-17H2,1-2,4-5,7-8H3,(H2,30,33)/b20-13-,26-14-,28-27-,31-22-. The lowest BCUT2D eigenvalue weighted by Gasteiger charge is -2.31. The second kappa shape index (κ2) is 12.3. The first-order valence-corrected chi connectivity index (χ1v) is 12.5. The third-order valence-corrected chi connectivity index (χ3v) is 6.65. The van der Waals surface area contributed by atoms with E-state index in [2.05, 4.69) is 70.2 Å². The summed E-state index contributed by atoms with van der Waals surface area (Å²) in [6.45, 7) is 21.5. The first-order chi connectivity index (χ1) is 15.5. The monoisotopic (exact) mass is 451 g/mol. The van der Waals surface area contributed by atoms with Gasteiger partial charge in [0, 0.05) is 24.3 Å². The number of carbonyl (C=O) groups is 1. The minimum Gasteiger partial charge on any atom is -0.369 e. The third kappa shape index (κ3) is 7.96. The Balaban J connectivity index is 2.37. The van der Waals surface area contributed by atoms with Gasteiger partial charge in [0.15, 0.2) is 0 Å². The van der Waals surface area contributed by atoms with E-state index < -0.39 is 0 Å². The second-order valence-electron chi connectivity index (χ2n) is 10.4. The summed E-state index contributed by atoms with van der Waals surface area (Å²) in [5.74, 6) is 1.50. The number of hydrogen-bond acceptors (Lipinski definition) is 3. The first kappa shape index (κ1) is 27.0. The molecule has 0 unspecified atom stereocenters. The lowest BCUT2D eigenvalue weighted by atomic mass is 9.73. The van der Waals surface area contributed by atoms with Gasteiger partial charge in [-0.1, -0.05) is 50.3 Å². The summed E-state index contributed by atoms with van der Waals surface area (Å²) in [7, 11) is 1.86. The van der Waals surface area contributed by atoms with Crippen LogP contribution in [0.25, 0.3) is 0 Å². The summed E-state index contributed by atoms with van der Waals surface area (Å²) in [5.41, 5.74) is 13.6. The van der Waals surface area contributed by atoms with E-state index in [0.717, 1.165) is 54.8 Å². The van der Waals surface area contributed by atoms with Crippen LogP contribution in [0, 0.1) is 23.7 Å². The van der Waals surface area contributed by atoms with Gasteiger partial charge in [-0.05, 0) is 100 Å². The maximum atomic E-state index is 11.4. The molecule has 0 heterocycles. The summed E-state index contributed by atoms with van der Waals surface area (Å²) < 4.78 is 0. The molecular formula is C29H45N3O. The fourth-order valence-corrected chi connectivity index (χ4v) is 4.58. The van der Waals surface area contributed by atoms with Gasteiger partial charge in [0.1, 0.15) is 0 Å². The molecule has 0 aromatic rings. The zero-order chi connectivity index (χ0) is 24.7. The zero-order valence-corrected chi connectivity index (χ0v) is 21.8. The van der Waals surface area contributed by atoms with Gasteiger partial charge < -0.3 is 11.1 Å². The highest BCUT2D eigenvalue weighted by atomic mass is 16.1. The van der Waals surface area contributed by atoms with E-state index in [1.165, 1.54) is 29.6 Å². The van der Waals surface area contributed by atoms with Crippen molar-refractivity contribution >= 4 is 11.6 Å². The van der Waals surface area contributed by atoms with Gasteiger partial charge in [-0.15, -0.1) is 0 Å². The molecule has 0 aliphatic heterocycles.